The molecule has 342 valence electrons. The smallest absolute Gasteiger partial charge is 0.256 e. The molecule has 11 aromatic rings. The van der Waals surface area contributed by atoms with E-state index in [1.165, 1.54) is 133 Å². The van der Waals surface area contributed by atoms with Gasteiger partial charge in [-0.2, -0.15) is 0 Å². The van der Waals surface area contributed by atoms with Crippen molar-refractivity contribution in [1.82, 2.24) is 9.13 Å². The van der Waals surface area contributed by atoms with Crippen molar-refractivity contribution in [3.05, 3.63) is 209 Å². The maximum atomic E-state index is 7.83. The summed E-state index contributed by atoms with van der Waals surface area (Å²) in [5.74, 6) is 1.95. The largest absolute Gasteiger partial charge is 0.458 e. The lowest BCUT2D eigenvalue weighted by Crippen LogP contribution is -2.59. The van der Waals surface area contributed by atoms with Gasteiger partial charge in [0.15, 0.2) is 0 Å². The first kappa shape index (κ1) is 41.2. The molecule has 9 aromatic carbocycles. The summed E-state index contributed by atoms with van der Waals surface area (Å²) >= 11 is 0. The number of benzene rings is 9. The molecule has 4 heteroatoms. The van der Waals surface area contributed by atoms with E-state index in [4.69, 9.17) is 4.74 Å². The predicted octanol–water partition coefficient (Wildman–Crippen LogP) is 15.1. The molecule has 0 unspecified atom stereocenters. The summed E-state index contributed by atoms with van der Waals surface area (Å²) in [6, 6.07) is 65.4. The van der Waals surface area contributed by atoms with Gasteiger partial charge in [0.2, 0.25) is 0 Å². The number of hydrogen-bond acceptors (Lipinski definition) is 1. The summed E-state index contributed by atoms with van der Waals surface area (Å²) in [7, 11) is 0. The molecule has 0 atom stereocenters. The quantitative estimate of drug-likeness (QED) is 0.150. The van der Waals surface area contributed by atoms with Gasteiger partial charge in [0.25, 0.3) is 6.71 Å². The second-order valence-corrected chi connectivity index (χ2v) is 24.0. The van der Waals surface area contributed by atoms with Crippen LogP contribution in [-0.2, 0) is 21.7 Å². The van der Waals surface area contributed by atoms with Gasteiger partial charge in [0.05, 0.1) is 27.5 Å². The summed E-state index contributed by atoms with van der Waals surface area (Å²) in [4.78, 5) is 0. The third-order valence-electron chi connectivity index (χ3n) is 17.0. The molecule has 15 rings (SSSR count). The minimum atomic E-state index is -0.559. The molecular weight excluding hydrogens is 860 g/mol. The maximum absolute atomic E-state index is 7.83. The molecule has 2 aromatic heterocycles. The molecule has 0 N–H and O–H groups in total. The Morgan fingerprint density at radius 1 is 0.437 bits per heavy atom. The van der Waals surface area contributed by atoms with E-state index in [0.29, 0.717) is 0 Å². The third kappa shape index (κ3) is 5.15. The van der Waals surface area contributed by atoms with Gasteiger partial charge < -0.3 is 13.9 Å². The number of hydrogen-bond donors (Lipinski definition) is 0. The lowest BCUT2D eigenvalue weighted by atomic mass is 9.34. The van der Waals surface area contributed by atoms with Crippen molar-refractivity contribution in [2.75, 3.05) is 0 Å². The van der Waals surface area contributed by atoms with Crippen molar-refractivity contribution in [2.45, 2.75) is 84.0 Å². The fraction of sp³-hybridized carbons (Fsp3) is 0.194. The first-order valence-corrected chi connectivity index (χ1v) is 25.6. The van der Waals surface area contributed by atoms with Crippen LogP contribution in [0.25, 0.3) is 77.2 Å². The highest BCUT2D eigenvalue weighted by atomic mass is 16.5. The van der Waals surface area contributed by atoms with Gasteiger partial charge in [-0.05, 0) is 125 Å². The van der Waals surface area contributed by atoms with Gasteiger partial charge in [-0.25, -0.2) is 0 Å². The predicted molar refractivity (Wildman–Crippen MR) is 299 cm³/mol. The van der Waals surface area contributed by atoms with Crippen LogP contribution in [0.15, 0.2) is 170 Å². The SMILES string of the molecule is CC(C)(C)c1cc(-n2c3ccccc3c3cc4c5c(c6ccccc6n5-c5cc(C(C)(C)C)cc6c5B4c4ccc5c(c4O6)C4(c6ccccc6-c6ccccc64)c4ccccc4-5)c32)cc(C(C)(C)C)c1. The fourth-order valence-electron chi connectivity index (χ4n) is 13.7. The second-order valence-electron chi connectivity index (χ2n) is 24.0. The van der Waals surface area contributed by atoms with Crippen molar-refractivity contribution in [2.24, 2.45) is 0 Å². The lowest BCUT2D eigenvalue weighted by Gasteiger charge is -2.38. The molecule has 0 bridgehead atoms. The summed E-state index contributed by atoms with van der Waals surface area (Å²) in [6.45, 7) is 21.0. The normalized spacial score (nSPS) is 14.7. The number of ether oxygens (including phenoxy) is 1. The Labute approximate surface area is 416 Å². The number of para-hydroxylation sites is 2. The molecule has 3 nitrogen and oxygen atoms in total. The summed E-state index contributed by atoms with van der Waals surface area (Å²) in [6.07, 6.45) is 0. The average molecular weight is 915 g/mol. The zero-order chi connectivity index (χ0) is 48.2. The minimum Gasteiger partial charge on any atom is -0.458 e. The van der Waals surface area contributed by atoms with E-state index in [9.17, 15) is 0 Å². The van der Waals surface area contributed by atoms with Gasteiger partial charge in [0, 0.05) is 38.5 Å². The molecule has 2 aliphatic carbocycles. The van der Waals surface area contributed by atoms with E-state index < -0.39 is 5.41 Å². The maximum Gasteiger partial charge on any atom is 0.256 e. The van der Waals surface area contributed by atoms with Crippen molar-refractivity contribution < 1.29 is 4.74 Å². The number of nitrogens with zero attached hydrogens (tertiary/aromatic N) is 2. The van der Waals surface area contributed by atoms with Crippen LogP contribution in [-0.4, -0.2) is 15.8 Å². The Hall–Kier alpha value is -7.56. The average Bonchev–Trinajstić information content (AvgIpc) is 4.07. The molecule has 0 amide bonds. The molecule has 0 saturated heterocycles. The Kier molecular flexibility index (Phi) is 7.81. The van der Waals surface area contributed by atoms with Crippen LogP contribution in [0.3, 0.4) is 0 Å². The Morgan fingerprint density at radius 3 is 1.56 bits per heavy atom. The summed E-state index contributed by atoms with van der Waals surface area (Å²) in [5, 5.41) is 5.10. The molecule has 0 saturated carbocycles. The van der Waals surface area contributed by atoms with Crippen LogP contribution in [0.1, 0.15) is 101 Å². The van der Waals surface area contributed by atoms with Crippen LogP contribution < -0.4 is 21.1 Å². The molecule has 4 heterocycles. The molecule has 1 spiro atoms. The van der Waals surface area contributed by atoms with Crippen LogP contribution in [0.2, 0.25) is 0 Å². The topological polar surface area (TPSA) is 19.1 Å². The van der Waals surface area contributed by atoms with Crippen LogP contribution in [0.5, 0.6) is 11.5 Å². The van der Waals surface area contributed by atoms with Crippen LogP contribution in [0, 0.1) is 0 Å². The highest BCUT2D eigenvalue weighted by Crippen LogP contribution is 2.65. The fourth-order valence-corrected chi connectivity index (χ4v) is 13.7. The first-order chi connectivity index (χ1) is 34.1. The minimum absolute atomic E-state index is 0.0421. The molecular formula is C67H55BN2O. The van der Waals surface area contributed by atoms with Crippen molar-refractivity contribution in [3.63, 3.8) is 0 Å². The Morgan fingerprint density at radius 2 is 0.958 bits per heavy atom. The van der Waals surface area contributed by atoms with Crippen LogP contribution >= 0.6 is 0 Å². The molecule has 4 aliphatic rings. The van der Waals surface area contributed by atoms with Gasteiger partial charge in [-0.1, -0.05) is 196 Å². The van der Waals surface area contributed by atoms with E-state index in [-0.39, 0.29) is 23.0 Å². The van der Waals surface area contributed by atoms with E-state index in [1.807, 2.05) is 0 Å². The molecule has 0 fully saturated rings. The Balaban J connectivity index is 1.12. The highest BCUT2D eigenvalue weighted by molar-refractivity contribution is 6.99. The van der Waals surface area contributed by atoms with E-state index in [1.54, 1.807) is 0 Å². The Bertz CT molecular complexity index is 4120. The highest BCUT2D eigenvalue weighted by Gasteiger charge is 2.55. The monoisotopic (exact) mass is 914 g/mol. The second kappa shape index (κ2) is 13.4. The van der Waals surface area contributed by atoms with E-state index in [2.05, 4.69) is 241 Å². The van der Waals surface area contributed by atoms with Gasteiger partial charge in [-0.15, -0.1) is 0 Å². The van der Waals surface area contributed by atoms with E-state index >= 15 is 0 Å². The summed E-state index contributed by atoms with van der Waals surface area (Å²) < 4.78 is 13.1. The zero-order valence-electron chi connectivity index (χ0n) is 42.0. The number of aromatic nitrogens is 2. The van der Waals surface area contributed by atoms with Crippen LogP contribution in [0.4, 0.5) is 0 Å². The zero-order valence-corrected chi connectivity index (χ0v) is 42.0. The number of fused-ring (bicyclic) bond motifs is 22. The van der Waals surface area contributed by atoms with Crippen molar-refractivity contribution >= 4 is 66.7 Å². The van der Waals surface area contributed by atoms with Gasteiger partial charge in [0.1, 0.15) is 11.5 Å². The number of rotatable bonds is 1. The first-order valence-electron chi connectivity index (χ1n) is 25.6. The lowest BCUT2D eigenvalue weighted by molar-refractivity contribution is 0.472. The molecule has 2 aliphatic heterocycles. The molecule has 71 heavy (non-hydrogen) atoms. The van der Waals surface area contributed by atoms with Gasteiger partial charge >= 0.3 is 0 Å². The summed E-state index contributed by atoms with van der Waals surface area (Å²) in [5.41, 5.74) is 24.7. The van der Waals surface area contributed by atoms with Crippen molar-refractivity contribution in [3.8, 4) is 45.1 Å². The van der Waals surface area contributed by atoms with E-state index in [0.717, 1.165) is 11.5 Å². The van der Waals surface area contributed by atoms with Crippen molar-refractivity contribution in [1.29, 1.82) is 0 Å². The molecule has 0 radical (unpaired) electrons. The standard InChI is InChI=1S/C67H55BN2O/c1-64(2,3)38-32-39(65(4,5)6)34-41(33-38)69-54-28-18-13-23-45(54)48-37-53-62-58(61(48)69)47-24-14-19-29-55(47)70(62)56-35-40(66(7,8)9)36-57-60(56)68(53)52-31-30-46-44-22-12-17-27-51(44)67(59(46)63(52)71-57)49-25-15-10-20-42(49)43-21-11-16-26-50(43)67/h10-37H,1-9H3. The third-order valence-corrected chi connectivity index (χ3v) is 17.0. The van der Waals surface area contributed by atoms with Gasteiger partial charge in [-0.3, -0.25) is 0 Å².